The van der Waals surface area contributed by atoms with Gasteiger partial charge in [0.15, 0.2) is 15.6 Å². The lowest BCUT2D eigenvalue weighted by atomic mass is 9.96. The molecule has 1 aromatic rings. The Morgan fingerprint density at radius 1 is 1.38 bits per heavy atom. The van der Waals surface area contributed by atoms with Gasteiger partial charge in [0.05, 0.1) is 22.1 Å². The van der Waals surface area contributed by atoms with Crippen LogP contribution in [0.25, 0.3) is 0 Å². The fourth-order valence-electron chi connectivity index (χ4n) is 2.80. The molecule has 134 valence electrons. The Morgan fingerprint density at radius 3 is 2.54 bits per heavy atom. The van der Waals surface area contributed by atoms with Crippen LogP contribution in [0.15, 0.2) is 17.0 Å². The second-order valence-electron chi connectivity index (χ2n) is 5.44. The normalized spacial score (nSPS) is 17.4. The number of hydrogen-bond donors (Lipinski definition) is 3. The summed E-state index contributed by atoms with van der Waals surface area (Å²) in [5.41, 5.74) is -0.312. The van der Waals surface area contributed by atoms with Gasteiger partial charge in [-0.15, -0.1) is 0 Å². The third kappa shape index (κ3) is 3.28. The van der Waals surface area contributed by atoms with E-state index in [0.29, 0.717) is 0 Å². The first-order chi connectivity index (χ1) is 11.2. The molecule has 1 saturated heterocycles. The predicted molar refractivity (Wildman–Crippen MR) is 85.3 cm³/mol. The third-order valence-corrected chi connectivity index (χ3v) is 7.25. The first-order valence-electron chi connectivity index (χ1n) is 7.15. The van der Waals surface area contributed by atoms with Crippen LogP contribution in [0.4, 0.5) is 14.9 Å². The van der Waals surface area contributed by atoms with E-state index in [2.05, 4.69) is 0 Å². The summed E-state index contributed by atoms with van der Waals surface area (Å²) in [6, 6.07) is 2.32. The van der Waals surface area contributed by atoms with Gasteiger partial charge in [0, 0.05) is 13.2 Å². The molecule has 0 bridgehead atoms. The monoisotopic (exact) mass is 381 g/mol. The molecule has 7 nitrogen and oxygen atoms in total. The van der Waals surface area contributed by atoms with Crippen molar-refractivity contribution in [1.82, 2.24) is 0 Å². The second kappa shape index (κ2) is 7.12. The van der Waals surface area contributed by atoms with Crippen molar-refractivity contribution in [2.75, 3.05) is 25.2 Å². The van der Waals surface area contributed by atoms with Crippen LogP contribution in [0.1, 0.15) is 19.3 Å². The molecule has 0 spiro atoms. The fraction of sp³-hybridized carbons (Fsp3) is 0.500. The van der Waals surface area contributed by atoms with Crippen LogP contribution in [0.3, 0.4) is 0 Å². The number of carboxylic acid groups (broad SMARTS) is 1. The zero-order valence-electron chi connectivity index (χ0n) is 12.6. The molecule has 1 amide bonds. The van der Waals surface area contributed by atoms with E-state index in [1.54, 1.807) is 0 Å². The molecule has 3 N–H and O–H groups in total. The molecule has 1 heterocycles. The molecular formula is C14H17ClFNO6S. The van der Waals surface area contributed by atoms with Crippen molar-refractivity contribution in [1.29, 1.82) is 0 Å². The molecule has 0 aliphatic carbocycles. The van der Waals surface area contributed by atoms with E-state index in [1.165, 1.54) is 6.07 Å². The maximum atomic E-state index is 13.1. The van der Waals surface area contributed by atoms with Gasteiger partial charge in [-0.1, -0.05) is 11.6 Å². The van der Waals surface area contributed by atoms with E-state index >= 15 is 0 Å². The van der Waals surface area contributed by atoms with E-state index in [1.807, 2.05) is 5.32 Å². The predicted octanol–water partition coefficient (Wildman–Crippen LogP) is 2.82. The van der Waals surface area contributed by atoms with Gasteiger partial charge >= 0.3 is 6.09 Å². The molecule has 1 aliphatic heterocycles. The Labute approximate surface area is 143 Å². The van der Waals surface area contributed by atoms with Crippen molar-refractivity contribution < 1.29 is 32.6 Å². The number of phenolic OH excluding ortho intramolecular Hbond substituents is 1. The molecule has 0 atom stereocenters. The van der Waals surface area contributed by atoms with Crippen molar-refractivity contribution in [3.8, 4) is 5.75 Å². The summed E-state index contributed by atoms with van der Waals surface area (Å²) < 4.78 is 43.0. The Kier molecular flexibility index (Phi) is 5.56. The van der Waals surface area contributed by atoms with Gasteiger partial charge in [-0.3, -0.25) is 9.71 Å². The SMILES string of the molecule is O=C(O)Nc1ccc(Cl)c(S(=O)(=O)C2(CCF)CCOCC2)c1O. The van der Waals surface area contributed by atoms with Crippen LogP contribution in [0.5, 0.6) is 5.75 Å². The van der Waals surface area contributed by atoms with Gasteiger partial charge in [-0.05, 0) is 31.4 Å². The van der Waals surface area contributed by atoms with Crippen LogP contribution in [0.2, 0.25) is 5.02 Å². The summed E-state index contributed by atoms with van der Waals surface area (Å²) in [5, 5.41) is 20.7. The van der Waals surface area contributed by atoms with Crippen molar-refractivity contribution in [2.45, 2.75) is 28.9 Å². The summed E-state index contributed by atoms with van der Waals surface area (Å²) >= 11 is 5.96. The highest BCUT2D eigenvalue weighted by Crippen LogP contribution is 2.45. The van der Waals surface area contributed by atoms with E-state index < -0.39 is 38.0 Å². The highest BCUT2D eigenvalue weighted by molar-refractivity contribution is 7.93. The Morgan fingerprint density at radius 2 is 2.00 bits per heavy atom. The van der Waals surface area contributed by atoms with E-state index in [-0.39, 0.29) is 43.2 Å². The van der Waals surface area contributed by atoms with Gasteiger partial charge in [0.1, 0.15) is 4.90 Å². The Hall–Kier alpha value is -1.58. The van der Waals surface area contributed by atoms with Crippen molar-refractivity contribution in [3.63, 3.8) is 0 Å². The van der Waals surface area contributed by atoms with Crippen LogP contribution in [-0.4, -0.2) is 49.4 Å². The number of aromatic hydroxyl groups is 1. The number of ether oxygens (including phenoxy) is 1. The number of sulfone groups is 1. The topological polar surface area (TPSA) is 113 Å². The summed E-state index contributed by atoms with van der Waals surface area (Å²) in [4.78, 5) is 10.2. The summed E-state index contributed by atoms with van der Waals surface area (Å²) in [5.74, 6) is -0.797. The highest BCUT2D eigenvalue weighted by Gasteiger charge is 2.47. The lowest BCUT2D eigenvalue weighted by Crippen LogP contribution is -2.44. The zero-order valence-corrected chi connectivity index (χ0v) is 14.2. The van der Waals surface area contributed by atoms with E-state index in [4.69, 9.17) is 21.4 Å². The molecule has 0 saturated carbocycles. The molecule has 1 aliphatic rings. The first kappa shape index (κ1) is 18.8. The average molecular weight is 382 g/mol. The smallest absolute Gasteiger partial charge is 0.409 e. The number of hydrogen-bond acceptors (Lipinski definition) is 5. The molecule has 0 unspecified atom stereocenters. The third-order valence-electron chi connectivity index (χ3n) is 4.12. The van der Waals surface area contributed by atoms with Crippen LogP contribution >= 0.6 is 11.6 Å². The number of amides is 1. The minimum absolute atomic E-state index is 0.0611. The van der Waals surface area contributed by atoms with E-state index in [9.17, 15) is 22.7 Å². The Balaban J connectivity index is 2.61. The average Bonchev–Trinajstić information content (AvgIpc) is 2.51. The first-order valence-corrected chi connectivity index (χ1v) is 9.01. The Bertz CT molecular complexity index is 728. The summed E-state index contributed by atoms with van der Waals surface area (Å²) in [7, 11) is -4.24. The molecular weight excluding hydrogens is 365 g/mol. The quantitative estimate of drug-likeness (QED) is 0.676. The fourth-order valence-corrected chi connectivity index (χ4v) is 5.43. The van der Waals surface area contributed by atoms with Crippen molar-refractivity contribution >= 4 is 33.2 Å². The summed E-state index contributed by atoms with van der Waals surface area (Å²) in [6.07, 6.45) is -1.61. The minimum Gasteiger partial charge on any atom is -0.504 e. The van der Waals surface area contributed by atoms with Crippen LogP contribution in [-0.2, 0) is 14.6 Å². The molecule has 10 heteroatoms. The van der Waals surface area contributed by atoms with Gasteiger partial charge in [0.25, 0.3) is 0 Å². The number of rotatable bonds is 5. The molecule has 1 aromatic carbocycles. The standard InChI is InChI=1S/C14H17ClFNO6S/c15-9-1-2-10(17-13(19)20)11(18)12(9)24(21,22)14(3-6-16)4-7-23-8-5-14/h1-2,17-18H,3-8H2,(H,19,20). The van der Waals surface area contributed by atoms with Crippen molar-refractivity contribution in [2.24, 2.45) is 0 Å². The number of alkyl halides is 1. The number of carbonyl (C=O) groups is 1. The van der Waals surface area contributed by atoms with Gasteiger partial charge in [-0.2, -0.15) is 0 Å². The maximum Gasteiger partial charge on any atom is 0.409 e. The number of anilines is 1. The number of benzene rings is 1. The lowest BCUT2D eigenvalue weighted by molar-refractivity contribution is 0.0704. The molecule has 0 radical (unpaired) electrons. The van der Waals surface area contributed by atoms with Crippen LogP contribution < -0.4 is 5.32 Å². The van der Waals surface area contributed by atoms with Crippen LogP contribution in [0, 0.1) is 0 Å². The van der Waals surface area contributed by atoms with Gasteiger partial charge in [0.2, 0.25) is 0 Å². The maximum absolute atomic E-state index is 13.1. The van der Waals surface area contributed by atoms with Gasteiger partial charge < -0.3 is 14.9 Å². The van der Waals surface area contributed by atoms with Crippen molar-refractivity contribution in [3.05, 3.63) is 17.2 Å². The number of nitrogens with one attached hydrogen (secondary N) is 1. The molecule has 0 aromatic heterocycles. The largest absolute Gasteiger partial charge is 0.504 e. The number of phenols is 1. The lowest BCUT2D eigenvalue weighted by Gasteiger charge is -2.36. The molecule has 1 fully saturated rings. The molecule has 2 rings (SSSR count). The minimum atomic E-state index is -4.24. The van der Waals surface area contributed by atoms with E-state index in [0.717, 1.165) is 6.07 Å². The van der Waals surface area contributed by atoms with Gasteiger partial charge in [-0.25, -0.2) is 13.2 Å². The summed E-state index contributed by atoms with van der Waals surface area (Å²) in [6.45, 7) is -0.569. The number of halogens is 2. The molecule has 24 heavy (non-hydrogen) atoms. The highest BCUT2D eigenvalue weighted by atomic mass is 35.5. The zero-order chi connectivity index (χ0) is 18.0. The second-order valence-corrected chi connectivity index (χ2v) is 8.13.